The first-order valence-corrected chi connectivity index (χ1v) is 9.07. The van der Waals surface area contributed by atoms with Crippen molar-refractivity contribution in [3.05, 3.63) is 52.7 Å². The lowest BCUT2D eigenvalue weighted by atomic mass is 10.2. The monoisotopic (exact) mass is 373 g/mol. The molecule has 2 aromatic rings. The van der Waals surface area contributed by atoms with Gasteiger partial charge in [-0.05, 0) is 30.5 Å². The fourth-order valence-electron chi connectivity index (χ4n) is 2.48. The normalized spacial score (nSPS) is 12.8. The summed E-state index contributed by atoms with van der Waals surface area (Å²) in [5, 5.41) is 1.95. The molecule has 136 valence electrons. The third-order valence-corrected chi connectivity index (χ3v) is 4.53. The van der Waals surface area contributed by atoms with Gasteiger partial charge in [-0.3, -0.25) is 4.79 Å². The van der Waals surface area contributed by atoms with Gasteiger partial charge in [0.25, 0.3) is 5.91 Å². The average Bonchev–Trinajstić information content (AvgIpc) is 3.17. The Balaban J connectivity index is 1.81. The number of carbonyl (C=O) groups is 2. The van der Waals surface area contributed by atoms with Gasteiger partial charge in [-0.25, -0.2) is 4.79 Å². The molecule has 0 saturated heterocycles. The lowest BCUT2D eigenvalue weighted by molar-refractivity contribution is -0.143. The van der Waals surface area contributed by atoms with E-state index in [0.717, 1.165) is 4.88 Å². The van der Waals surface area contributed by atoms with Crippen LogP contribution in [-0.4, -0.2) is 31.7 Å². The quantitative estimate of drug-likeness (QED) is 0.575. The van der Waals surface area contributed by atoms with E-state index in [1.54, 1.807) is 47.4 Å². The zero-order valence-corrected chi connectivity index (χ0v) is 15.2. The zero-order valence-electron chi connectivity index (χ0n) is 14.3. The molecular formula is C19H19NO5S. The predicted octanol–water partition coefficient (Wildman–Crippen LogP) is 3.17. The minimum atomic E-state index is -0.543. The lowest BCUT2D eigenvalue weighted by Crippen LogP contribution is -2.34. The van der Waals surface area contributed by atoms with Crippen LogP contribution in [0, 0.1) is 0 Å². The summed E-state index contributed by atoms with van der Waals surface area (Å²) in [6.45, 7) is 2.74. The highest BCUT2D eigenvalue weighted by Gasteiger charge is 2.21. The molecule has 0 radical (unpaired) electrons. The van der Waals surface area contributed by atoms with Crippen molar-refractivity contribution in [3.8, 4) is 11.5 Å². The summed E-state index contributed by atoms with van der Waals surface area (Å²) >= 11 is 1.56. The van der Waals surface area contributed by atoms with E-state index >= 15 is 0 Å². The molecule has 0 fully saturated rings. The lowest BCUT2D eigenvalue weighted by Gasteiger charge is -2.25. The molecule has 2 heterocycles. The predicted molar refractivity (Wildman–Crippen MR) is 98.7 cm³/mol. The number of thiophene rings is 1. The summed E-state index contributed by atoms with van der Waals surface area (Å²) in [4.78, 5) is 26.8. The number of allylic oxidation sites excluding steroid dienone is 1. The van der Waals surface area contributed by atoms with Gasteiger partial charge in [0.15, 0.2) is 18.1 Å². The third kappa shape index (κ3) is 4.43. The number of rotatable bonds is 6. The Morgan fingerprint density at radius 1 is 1.23 bits per heavy atom. The van der Waals surface area contributed by atoms with Gasteiger partial charge in [0.2, 0.25) is 0 Å². The molecule has 0 atom stereocenters. The van der Waals surface area contributed by atoms with Gasteiger partial charge in [0, 0.05) is 22.7 Å². The number of amides is 1. The molecule has 1 aliphatic rings. The molecule has 0 unspecified atom stereocenters. The molecule has 0 spiro atoms. The van der Waals surface area contributed by atoms with Crippen molar-refractivity contribution in [2.24, 2.45) is 0 Å². The maximum Gasteiger partial charge on any atom is 0.330 e. The minimum absolute atomic E-state index is 0.312. The Morgan fingerprint density at radius 2 is 2.04 bits per heavy atom. The van der Waals surface area contributed by atoms with Crippen LogP contribution in [0.4, 0.5) is 5.69 Å². The number of nitrogens with zero attached hydrogens (tertiary/aromatic N) is 1. The number of hydrogen-bond donors (Lipinski definition) is 0. The van der Waals surface area contributed by atoms with Crippen LogP contribution in [0.25, 0.3) is 0 Å². The van der Waals surface area contributed by atoms with Gasteiger partial charge in [-0.1, -0.05) is 12.1 Å². The molecule has 0 aliphatic carbocycles. The van der Waals surface area contributed by atoms with Crippen LogP contribution in [0.3, 0.4) is 0 Å². The molecule has 3 rings (SSSR count). The first kappa shape index (κ1) is 18.0. The van der Waals surface area contributed by atoms with Crippen LogP contribution in [0.15, 0.2) is 47.9 Å². The van der Waals surface area contributed by atoms with Gasteiger partial charge >= 0.3 is 5.97 Å². The summed E-state index contributed by atoms with van der Waals surface area (Å²) in [6, 6.07) is 9.23. The summed E-state index contributed by atoms with van der Waals surface area (Å²) < 4.78 is 16.1. The first-order valence-electron chi connectivity index (χ1n) is 8.19. The second-order valence-electron chi connectivity index (χ2n) is 5.49. The zero-order chi connectivity index (χ0) is 18.4. The van der Waals surface area contributed by atoms with Crippen LogP contribution in [0.2, 0.25) is 0 Å². The summed E-state index contributed by atoms with van der Waals surface area (Å²) in [5.41, 5.74) is 0.662. The molecule has 0 N–H and O–H groups in total. The molecule has 1 aromatic heterocycles. The van der Waals surface area contributed by atoms with Gasteiger partial charge in [0.05, 0.1) is 6.54 Å². The maximum atomic E-state index is 12.7. The molecule has 1 aromatic carbocycles. The van der Waals surface area contributed by atoms with Crippen LogP contribution in [0.5, 0.6) is 11.5 Å². The maximum absolute atomic E-state index is 12.7. The fraction of sp³-hybridized carbons (Fsp3) is 0.263. The van der Waals surface area contributed by atoms with E-state index in [4.69, 9.17) is 14.2 Å². The Bertz CT molecular complexity index is 800. The molecule has 26 heavy (non-hydrogen) atoms. The highest BCUT2D eigenvalue weighted by molar-refractivity contribution is 7.09. The van der Waals surface area contributed by atoms with Gasteiger partial charge in [-0.2, -0.15) is 0 Å². The number of hydrogen-bond acceptors (Lipinski definition) is 6. The topological polar surface area (TPSA) is 65.1 Å². The standard InChI is InChI=1S/C19H19NO5S/c1-2-4-19(22)25-13-18(21)20(12-15-5-3-10-26-15)14-6-7-16-17(11-14)24-9-8-23-16/h2-7,10-11H,8-9,12-13H2,1H3/b4-2+. The Labute approximate surface area is 155 Å². The van der Waals surface area contributed by atoms with Crippen molar-refractivity contribution in [2.75, 3.05) is 24.7 Å². The van der Waals surface area contributed by atoms with Crippen molar-refractivity contribution in [3.63, 3.8) is 0 Å². The van der Waals surface area contributed by atoms with Crippen molar-refractivity contribution >= 4 is 28.9 Å². The molecule has 0 bridgehead atoms. The van der Waals surface area contributed by atoms with Crippen LogP contribution >= 0.6 is 11.3 Å². The number of carbonyl (C=O) groups excluding carboxylic acids is 2. The molecular weight excluding hydrogens is 354 g/mol. The number of anilines is 1. The van der Waals surface area contributed by atoms with E-state index in [1.165, 1.54) is 6.08 Å². The SMILES string of the molecule is C/C=C/C(=O)OCC(=O)N(Cc1cccs1)c1ccc2c(c1)OCCO2. The van der Waals surface area contributed by atoms with E-state index < -0.39 is 5.97 Å². The number of fused-ring (bicyclic) bond motifs is 1. The van der Waals surface area contributed by atoms with Crippen LogP contribution in [-0.2, 0) is 20.9 Å². The minimum Gasteiger partial charge on any atom is -0.486 e. The van der Waals surface area contributed by atoms with E-state index in [9.17, 15) is 9.59 Å². The molecule has 0 saturated carbocycles. The molecule has 1 aliphatic heterocycles. The summed E-state index contributed by atoms with van der Waals surface area (Å²) in [6.07, 6.45) is 2.85. The Hall–Kier alpha value is -2.80. The Morgan fingerprint density at radius 3 is 2.77 bits per heavy atom. The number of benzene rings is 1. The average molecular weight is 373 g/mol. The van der Waals surface area contributed by atoms with Gasteiger partial charge in [-0.15, -0.1) is 11.3 Å². The van der Waals surface area contributed by atoms with E-state index in [0.29, 0.717) is 36.9 Å². The highest BCUT2D eigenvalue weighted by atomic mass is 32.1. The molecule has 7 heteroatoms. The number of ether oxygens (including phenoxy) is 3. The molecule has 1 amide bonds. The van der Waals surface area contributed by atoms with Crippen LogP contribution < -0.4 is 14.4 Å². The van der Waals surface area contributed by atoms with Crippen molar-refractivity contribution in [1.82, 2.24) is 0 Å². The van der Waals surface area contributed by atoms with E-state index in [1.807, 2.05) is 17.5 Å². The second-order valence-corrected chi connectivity index (χ2v) is 6.53. The summed E-state index contributed by atoms with van der Waals surface area (Å²) in [5.74, 6) is 0.402. The fourth-order valence-corrected chi connectivity index (χ4v) is 3.17. The van der Waals surface area contributed by atoms with Crippen molar-refractivity contribution in [1.29, 1.82) is 0 Å². The van der Waals surface area contributed by atoms with Gasteiger partial charge in [0.1, 0.15) is 13.2 Å². The second kappa shape index (κ2) is 8.53. The smallest absolute Gasteiger partial charge is 0.330 e. The highest BCUT2D eigenvalue weighted by Crippen LogP contribution is 2.34. The van der Waals surface area contributed by atoms with Gasteiger partial charge < -0.3 is 19.1 Å². The third-order valence-electron chi connectivity index (χ3n) is 3.67. The first-order chi connectivity index (χ1) is 12.7. The van der Waals surface area contributed by atoms with Crippen LogP contribution in [0.1, 0.15) is 11.8 Å². The van der Waals surface area contributed by atoms with Crippen molar-refractivity contribution in [2.45, 2.75) is 13.5 Å². The summed E-state index contributed by atoms with van der Waals surface area (Å²) in [7, 11) is 0. The van der Waals surface area contributed by atoms with E-state index in [-0.39, 0.29) is 12.5 Å². The Kier molecular flexibility index (Phi) is 5.91. The number of esters is 1. The molecule has 6 nitrogen and oxygen atoms in total. The van der Waals surface area contributed by atoms with Crippen molar-refractivity contribution < 1.29 is 23.8 Å². The van der Waals surface area contributed by atoms with E-state index in [2.05, 4.69) is 0 Å². The largest absolute Gasteiger partial charge is 0.486 e.